The van der Waals surface area contributed by atoms with E-state index in [1.807, 2.05) is 0 Å². The number of rotatable bonds is 4. The summed E-state index contributed by atoms with van der Waals surface area (Å²) in [4.78, 5) is 27.4. The molecule has 2 fully saturated rings. The van der Waals surface area contributed by atoms with Crippen molar-refractivity contribution in [2.24, 2.45) is 0 Å². The number of hydrogen-bond acceptors (Lipinski definition) is 7. The quantitative estimate of drug-likeness (QED) is 0.628. The van der Waals surface area contributed by atoms with E-state index in [4.69, 9.17) is 14.0 Å². The molecule has 24 heavy (non-hydrogen) atoms. The molecule has 7 nitrogen and oxygen atoms in total. The number of nitrogens with zero attached hydrogens (tertiary/aromatic N) is 2. The van der Waals surface area contributed by atoms with Crippen molar-refractivity contribution in [2.45, 2.75) is 36.9 Å². The first kappa shape index (κ1) is 15.0. The van der Waals surface area contributed by atoms with E-state index < -0.39 is 17.2 Å². The largest absolute Gasteiger partial charge is 0.465 e. The number of carbonyl (C=O) groups excluding carboxylic acids is 2. The Hall–Kier alpha value is -2.54. The van der Waals surface area contributed by atoms with Crippen LogP contribution < -0.4 is 0 Å². The maximum absolute atomic E-state index is 11.6. The number of aldehydes is 1. The molecule has 0 spiro atoms. The van der Waals surface area contributed by atoms with Gasteiger partial charge in [0.05, 0.1) is 12.7 Å². The van der Waals surface area contributed by atoms with Gasteiger partial charge in [-0.2, -0.15) is 4.98 Å². The molecule has 0 amide bonds. The summed E-state index contributed by atoms with van der Waals surface area (Å²) in [7, 11) is 1.33. The second kappa shape index (κ2) is 5.24. The average molecular weight is 328 g/mol. The van der Waals surface area contributed by atoms with Crippen LogP contribution in [0.1, 0.15) is 41.9 Å². The highest BCUT2D eigenvalue weighted by Gasteiger charge is 2.59. The minimum absolute atomic E-state index is 0.379. The van der Waals surface area contributed by atoms with Gasteiger partial charge in [-0.25, -0.2) is 4.79 Å². The van der Waals surface area contributed by atoms with Crippen LogP contribution in [0.2, 0.25) is 0 Å². The van der Waals surface area contributed by atoms with Crippen molar-refractivity contribution in [3.8, 4) is 11.4 Å². The Morgan fingerprint density at radius 3 is 2.75 bits per heavy atom. The van der Waals surface area contributed by atoms with Crippen molar-refractivity contribution >= 4 is 12.3 Å². The van der Waals surface area contributed by atoms with Crippen molar-refractivity contribution in [1.29, 1.82) is 0 Å². The third-order valence-corrected chi connectivity index (χ3v) is 4.88. The fourth-order valence-corrected chi connectivity index (χ4v) is 3.50. The molecule has 3 heterocycles. The minimum Gasteiger partial charge on any atom is -0.465 e. The topological polar surface area (TPSA) is 91.5 Å². The molecule has 2 saturated heterocycles. The summed E-state index contributed by atoms with van der Waals surface area (Å²) in [6.07, 6.45) is 3.61. The smallest absolute Gasteiger partial charge is 0.337 e. The predicted molar refractivity (Wildman–Crippen MR) is 81.1 cm³/mol. The number of aromatic nitrogens is 2. The lowest BCUT2D eigenvalue weighted by Crippen LogP contribution is -2.26. The van der Waals surface area contributed by atoms with Crippen LogP contribution in [-0.2, 0) is 19.9 Å². The summed E-state index contributed by atoms with van der Waals surface area (Å²) >= 11 is 0. The molecule has 0 radical (unpaired) electrons. The van der Waals surface area contributed by atoms with E-state index in [1.165, 1.54) is 7.11 Å². The van der Waals surface area contributed by atoms with E-state index in [1.54, 1.807) is 24.3 Å². The lowest BCUT2D eigenvalue weighted by Gasteiger charge is -2.18. The Bertz CT molecular complexity index is 805. The number of methoxy groups -OCH3 is 1. The van der Waals surface area contributed by atoms with Gasteiger partial charge in [0, 0.05) is 5.56 Å². The molecule has 0 aliphatic carbocycles. The number of esters is 1. The number of hydrogen-bond donors (Lipinski definition) is 0. The van der Waals surface area contributed by atoms with Gasteiger partial charge >= 0.3 is 5.97 Å². The second-order valence-electron chi connectivity index (χ2n) is 6.27. The molecule has 124 valence electrons. The average Bonchev–Trinajstić information content (AvgIpc) is 3.35. The highest BCUT2D eigenvalue weighted by molar-refractivity contribution is 5.90. The molecule has 1 aromatic heterocycles. The van der Waals surface area contributed by atoms with Crippen LogP contribution >= 0.6 is 0 Å². The lowest BCUT2D eigenvalue weighted by molar-refractivity contribution is -0.130. The van der Waals surface area contributed by atoms with Crippen LogP contribution in [0.15, 0.2) is 28.8 Å². The molecule has 0 unspecified atom stereocenters. The molecule has 7 heteroatoms. The summed E-state index contributed by atoms with van der Waals surface area (Å²) in [5.74, 6) is 0.344. The maximum Gasteiger partial charge on any atom is 0.337 e. The monoisotopic (exact) mass is 328 g/mol. The number of carbonyl (C=O) groups is 2. The summed E-state index contributed by atoms with van der Waals surface area (Å²) in [5, 5.41) is 4.01. The third-order valence-electron chi connectivity index (χ3n) is 4.88. The molecule has 1 aromatic carbocycles. The first-order valence-electron chi connectivity index (χ1n) is 7.79. The highest BCUT2D eigenvalue weighted by atomic mass is 16.6. The van der Waals surface area contributed by atoms with Crippen LogP contribution in [-0.4, -0.2) is 35.1 Å². The van der Waals surface area contributed by atoms with Gasteiger partial charge in [0.1, 0.15) is 11.2 Å². The van der Waals surface area contributed by atoms with Gasteiger partial charge in [0.2, 0.25) is 5.82 Å². The van der Waals surface area contributed by atoms with Gasteiger partial charge in [-0.05, 0) is 37.8 Å². The maximum atomic E-state index is 11.6. The van der Waals surface area contributed by atoms with Crippen LogP contribution in [0.3, 0.4) is 0 Å². The van der Waals surface area contributed by atoms with Gasteiger partial charge in [-0.15, -0.1) is 0 Å². The molecule has 2 aliphatic rings. The van der Waals surface area contributed by atoms with Crippen LogP contribution in [0.25, 0.3) is 11.4 Å². The Labute approximate surface area is 137 Å². The molecule has 2 aliphatic heterocycles. The fourth-order valence-electron chi connectivity index (χ4n) is 3.50. The SMILES string of the molecule is COC(=O)c1cccc(-c2noc(C34CCC(C=O)(CC3)O4)n2)c1. The van der Waals surface area contributed by atoms with Crippen molar-refractivity contribution in [3.63, 3.8) is 0 Å². The first-order valence-corrected chi connectivity index (χ1v) is 7.79. The summed E-state index contributed by atoms with van der Waals surface area (Å²) < 4.78 is 16.1. The summed E-state index contributed by atoms with van der Waals surface area (Å²) in [5.41, 5.74) is -0.287. The van der Waals surface area contributed by atoms with E-state index >= 15 is 0 Å². The molecular formula is C17H16N2O5. The summed E-state index contributed by atoms with van der Waals surface area (Å²) in [6.45, 7) is 0. The standard InChI is InChI=1S/C17H16N2O5/c1-22-14(21)12-4-2-3-11(9-12)13-18-15(23-19-13)17-7-5-16(10-20,24-17)6-8-17/h2-4,9-10H,5-8H2,1H3. The van der Waals surface area contributed by atoms with E-state index in [0.717, 1.165) is 6.29 Å². The first-order chi connectivity index (χ1) is 11.6. The van der Waals surface area contributed by atoms with Crippen LogP contribution in [0.5, 0.6) is 0 Å². The second-order valence-corrected chi connectivity index (χ2v) is 6.27. The fraction of sp³-hybridized carbons (Fsp3) is 0.412. The van der Waals surface area contributed by atoms with Crippen LogP contribution in [0, 0.1) is 0 Å². The van der Waals surface area contributed by atoms with Crippen molar-refractivity contribution in [1.82, 2.24) is 10.1 Å². The molecule has 0 atom stereocenters. The lowest BCUT2D eigenvalue weighted by atomic mass is 9.83. The Kier molecular flexibility index (Phi) is 3.28. The zero-order valence-electron chi connectivity index (χ0n) is 13.2. The Morgan fingerprint density at radius 1 is 1.29 bits per heavy atom. The van der Waals surface area contributed by atoms with Crippen molar-refractivity contribution < 1.29 is 23.6 Å². The number of ether oxygens (including phenoxy) is 2. The molecule has 0 saturated carbocycles. The highest BCUT2D eigenvalue weighted by Crippen LogP contribution is 2.55. The van der Waals surface area contributed by atoms with Crippen molar-refractivity contribution in [3.05, 3.63) is 35.7 Å². The molecule has 0 N–H and O–H groups in total. The zero-order chi connectivity index (χ0) is 16.8. The van der Waals surface area contributed by atoms with E-state index in [0.29, 0.717) is 48.5 Å². The predicted octanol–water partition coefficient (Wildman–Crippen LogP) is 2.26. The third kappa shape index (κ3) is 2.16. The zero-order valence-corrected chi connectivity index (χ0v) is 13.2. The van der Waals surface area contributed by atoms with Gasteiger partial charge in [0.15, 0.2) is 6.29 Å². The molecule has 2 aromatic rings. The molecular weight excluding hydrogens is 312 g/mol. The van der Waals surface area contributed by atoms with Gasteiger partial charge in [-0.3, -0.25) is 0 Å². The molecule has 2 bridgehead atoms. The van der Waals surface area contributed by atoms with Gasteiger partial charge < -0.3 is 18.8 Å². The normalized spacial score (nSPS) is 28.0. The van der Waals surface area contributed by atoms with Crippen LogP contribution in [0.4, 0.5) is 0 Å². The minimum atomic E-state index is -0.695. The van der Waals surface area contributed by atoms with E-state index in [2.05, 4.69) is 10.1 Å². The Morgan fingerprint density at radius 2 is 2.08 bits per heavy atom. The van der Waals surface area contributed by atoms with E-state index in [9.17, 15) is 9.59 Å². The van der Waals surface area contributed by atoms with Gasteiger partial charge in [-0.1, -0.05) is 17.3 Å². The van der Waals surface area contributed by atoms with Gasteiger partial charge in [0.25, 0.3) is 5.89 Å². The van der Waals surface area contributed by atoms with Crippen molar-refractivity contribution in [2.75, 3.05) is 7.11 Å². The Balaban J connectivity index is 1.65. The number of benzene rings is 1. The summed E-state index contributed by atoms with van der Waals surface area (Å²) in [6, 6.07) is 6.83. The number of fused-ring (bicyclic) bond motifs is 2. The molecule has 4 rings (SSSR count). The van der Waals surface area contributed by atoms with E-state index in [-0.39, 0.29) is 0 Å².